The number of amides is 1. The van der Waals surface area contributed by atoms with Crippen molar-refractivity contribution in [3.05, 3.63) is 27.8 Å². The number of nitrogens with one attached hydrogen (secondary N) is 2. The second-order valence-electron chi connectivity index (χ2n) is 2.87. The molecule has 78 valence electrons. The highest BCUT2D eigenvalue weighted by molar-refractivity contribution is 14.1. The van der Waals surface area contributed by atoms with Crippen molar-refractivity contribution in [3.63, 3.8) is 0 Å². The summed E-state index contributed by atoms with van der Waals surface area (Å²) in [5, 5.41) is 5.59. The average Bonchev–Trinajstić information content (AvgIpc) is 2.18. The van der Waals surface area contributed by atoms with Crippen LogP contribution in [0.1, 0.15) is 0 Å². The molecule has 3 nitrogen and oxygen atoms in total. The number of hydrogen-bond acceptors (Lipinski definition) is 2. The number of hydrogen-bond donors (Lipinski definition) is 2. The summed E-state index contributed by atoms with van der Waals surface area (Å²) in [6, 6.07) is 7.61. The summed E-state index contributed by atoms with van der Waals surface area (Å²) in [4.78, 5) is 11.4. The molecule has 0 heterocycles. The van der Waals surface area contributed by atoms with Crippen molar-refractivity contribution in [3.8, 4) is 12.3 Å². The molecule has 0 saturated heterocycles. The van der Waals surface area contributed by atoms with E-state index in [0.717, 1.165) is 9.26 Å². The molecule has 2 N–H and O–H groups in total. The van der Waals surface area contributed by atoms with Crippen molar-refractivity contribution >= 4 is 34.2 Å². The molecule has 0 fully saturated rings. The van der Waals surface area contributed by atoms with Crippen LogP contribution in [0.2, 0.25) is 0 Å². The Morgan fingerprint density at radius 3 is 3.00 bits per heavy atom. The maximum absolute atomic E-state index is 11.4. The third kappa shape index (κ3) is 4.81. The predicted octanol–water partition coefficient (Wildman–Crippen LogP) is 1.45. The Labute approximate surface area is 103 Å². The van der Waals surface area contributed by atoms with Gasteiger partial charge in [0.1, 0.15) is 0 Å². The van der Waals surface area contributed by atoms with Gasteiger partial charge in [-0.15, -0.1) is 6.42 Å². The van der Waals surface area contributed by atoms with Crippen LogP contribution in [0.5, 0.6) is 0 Å². The number of benzene rings is 1. The smallest absolute Gasteiger partial charge is 0.238 e. The Kier molecular flexibility index (Phi) is 5.15. The molecular weight excluding hydrogens is 303 g/mol. The van der Waals surface area contributed by atoms with Crippen molar-refractivity contribution < 1.29 is 4.79 Å². The van der Waals surface area contributed by atoms with Gasteiger partial charge in [0.15, 0.2) is 0 Å². The van der Waals surface area contributed by atoms with Crippen LogP contribution in [0.15, 0.2) is 24.3 Å². The molecule has 0 aliphatic carbocycles. The number of carbonyl (C=O) groups is 1. The minimum absolute atomic E-state index is 0.0905. The molecule has 4 heteroatoms. The van der Waals surface area contributed by atoms with Crippen molar-refractivity contribution in [1.29, 1.82) is 0 Å². The number of rotatable bonds is 4. The van der Waals surface area contributed by atoms with Crippen molar-refractivity contribution in [2.75, 3.05) is 18.4 Å². The van der Waals surface area contributed by atoms with E-state index in [1.54, 1.807) is 0 Å². The lowest BCUT2D eigenvalue weighted by Crippen LogP contribution is -2.28. The molecule has 1 rings (SSSR count). The zero-order valence-corrected chi connectivity index (χ0v) is 10.2. The van der Waals surface area contributed by atoms with Gasteiger partial charge in [0.2, 0.25) is 5.91 Å². The third-order valence-corrected chi connectivity index (χ3v) is 2.29. The first-order valence-corrected chi connectivity index (χ1v) is 5.50. The lowest BCUT2D eigenvalue weighted by atomic mass is 10.3. The molecule has 1 amide bonds. The fraction of sp³-hybridized carbons (Fsp3) is 0.182. The first-order valence-electron chi connectivity index (χ1n) is 4.42. The molecular formula is C11H11IN2O. The van der Waals surface area contributed by atoms with E-state index in [1.165, 1.54) is 0 Å². The standard InChI is InChI=1S/C11H11IN2O/c1-2-6-13-8-11(15)14-10-5-3-4-9(12)7-10/h1,3-5,7,13H,6,8H2,(H,14,15). The Morgan fingerprint density at radius 1 is 1.53 bits per heavy atom. The minimum Gasteiger partial charge on any atom is -0.325 e. The van der Waals surface area contributed by atoms with E-state index in [9.17, 15) is 4.79 Å². The molecule has 0 radical (unpaired) electrons. The van der Waals surface area contributed by atoms with Crippen LogP contribution in [0.3, 0.4) is 0 Å². The Bertz CT molecular complexity index is 384. The number of carbonyl (C=O) groups excluding carboxylic acids is 1. The second-order valence-corrected chi connectivity index (χ2v) is 4.11. The molecule has 15 heavy (non-hydrogen) atoms. The van der Waals surface area contributed by atoms with Crippen LogP contribution >= 0.6 is 22.6 Å². The molecule has 0 unspecified atom stereocenters. The molecule has 0 atom stereocenters. The van der Waals surface area contributed by atoms with Gasteiger partial charge >= 0.3 is 0 Å². The van der Waals surface area contributed by atoms with Crippen LogP contribution < -0.4 is 10.6 Å². The Balaban J connectivity index is 2.42. The average molecular weight is 314 g/mol. The minimum atomic E-state index is -0.0905. The van der Waals surface area contributed by atoms with E-state index >= 15 is 0 Å². The van der Waals surface area contributed by atoms with Crippen LogP contribution in [0.4, 0.5) is 5.69 Å². The third-order valence-electron chi connectivity index (χ3n) is 1.62. The van der Waals surface area contributed by atoms with Crippen molar-refractivity contribution in [1.82, 2.24) is 5.32 Å². The molecule has 0 spiro atoms. The zero-order chi connectivity index (χ0) is 11.1. The maximum Gasteiger partial charge on any atom is 0.238 e. The number of halogens is 1. The van der Waals surface area contributed by atoms with Gasteiger partial charge in [0, 0.05) is 9.26 Å². The highest BCUT2D eigenvalue weighted by Gasteiger charge is 2.00. The van der Waals surface area contributed by atoms with Gasteiger partial charge in [-0.3, -0.25) is 10.1 Å². The summed E-state index contributed by atoms with van der Waals surface area (Å²) < 4.78 is 1.09. The van der Waals surface area contributed by atoms with E-state index in [-0.39, 0.29) is 12.5 Å². The lowest BCUT2D eigenvalue weighted by molar-refractivity contribution is -0.115. The van der Waals surface area contributed by atoms with Gasteiger partial charge in [-0.2, -0.15) is 0 Å². The van der Waals surface area contributed by atoms with Crippen LogP contribution in [0, 0.1) is 15.9 Å². The highest BCUT2D eigenvalue weighted by atomic mass is 127. The van der Waals surface area contributed by atoms with Crippen molar-refractivity contribution in [2.24, 2.45) is 0 Å². The summed E-state index contributed by atoms with van der Waals surface area (Å²) in [6.07, 6.45) is 5.04. The topological polar surface area (TPSA) is 41.1 Å². The van der Waals surface area contributed by atoms with E-state index < -0.39 is 0 Å². The SMILES string of the molecule is C#CCNCC(=O)Nc1cccc(I)c1. The number of anilines is 1. The molecule has 0 aliphatic rings. The fourth-order valence-corrected chi connectivity index (χ4v) is 1.56. The van der Waals surface area contributed by atoms with Crippen molar-refractivity contribution in [2.45, 2.75) is 0 Å². The van der Waals surface area contributed by atoms with Crippen LogP contribution in [-0.2, 0) is 4.79 Å². The Morgan fingerprint density at radius 2 is 2.33 bits per heavy atom. The van der Waals surface area contributed by atoms with Crippen LogP contribution in [0.25, 0.3) is 0 Å². The summed E-state index contributed by atoms with van der Waals surface area (Å²) in [7, 11) is 0. The molecule has 1 aromatic carbocycles. The van der Waals surface area contributed by atoms with E-state index in [1.807, 2.05) is 24.3 Å². The summed E-state index contributed by atoms with van der Waals surface area (Å²) in [6.45, 7) is 0.634. The normalized spacial score (nSPS) is 9.33. The summed E-state index contributed by atoms with van der Waals surface area (Å²) in [5.41, 5.74) is 0.800. The first kappa shape index (κ1) is 12.0. The molecule has 0 bridgehead atoms. The first-order chi connectivity index (χ1) is 7.22. The monoisotopic (exact) mass is 314 g/mol. The highest BCUT2D eigenvalue weighted by Crippen LogP contribution is 2.11. The van der Waals surface area contributed by atoms with Gasteiger partial charge in [0.05, 0.1) is 13.1 Å². The number of terminal acetylenes is 1. The lowest BCUT2D eigenvalue weighted by Gasteiger charge is -2.05. The molecule has 0 aliphatic heterocycles. The van der Waals surface area contributed by atoms with Gasteiger partial charge in [-0.05, 0) is 40.8 Å². The van der Waals surface area contributed by atoms with Crippen LogP contribution in [-0.4, -0.2) is 19.0 Å². The molecule has 1 aromatic rings. The molecule has 0 aromatic heterocycles. The fourth-order valence-electron chi connectivity index (χ4n) is 1.02. The van der Waals surface area contributed by atoms with Gasteiger partial charge < -0.3 is 5.32 Å². The van der Waals surface area contributed by atoms with Gasteiger partial charge in [-0.25, -0.2) is 0 Å². The second kappa shape index (κ2) is 6.43. The summed E-state index contributed by atoms with van der Waals surface area (Å²) in [5.74, 6) is 2.31. The Hall–Kier alpha value is -1.06. The quantitative estimate of drug-likeness (QED) is 0.502. The zero-order valence-electron chi connectivity index (χ0n) is 8.09. The molecule has 0 saturated carbocycles. The van der Waals surface area contributed by atoms with Gasteiger partial charge in [0.25, 0.3) is 0 Å². The van der Waals surface area contributed by atoms with E-state index in [4.69, 9.17) is 6.42 Å². The predicted molar refractivity (Wildman–Crippen MR) is 69.5 cm³/mol. The maximum atomic E-state index is 11.4. The van der Waals surface area contributed by atoms with E-state index in [0.29, 0.717) is 6.54 Å². The summed E-state index contributed by atoms with van der Waals surface area (Å²) >= 11 is 2.19. The van der Waals surface area contributed by atoms with E-state index in [2.05, 4.69) is 39.1 Å². The van der Waals surface area contributed by atoms with Gasteiger partial charge in [-0.1, -0.05) is 12.0 Å². The largest absolute Gasteiger partial charge is 0.325 e.